The molecule has 0 radical (unpaired) electrons. The lowest BCUT2D eigenvalue weighted by Crippen LogP contribution is -2.49. The van der Waals surface area contributed by atoms with E-state index in [1.807, 2.05) is 61.5 Å². The summed E-state index contributed by atoms with van der Waals surface area (Å²) in [6, 6.07) is 17.4. The first kappa shape index (κ1) is 27.1. The van der Waals surface area contributed by atoms with Crippen molar-refractivity contribution in [2.45, 2.75) is 51.1 Å². The minimum absolute atomic E-state index is 0.0172. The molecule has 1 spiro atoms. The van der Waals surface area contributed by atoms with Crippen molar-refractivity contribution < 1.29 is 14.4 Å². The molecule has 9 nitrogen and oxygen atoms in total. The third-order valence-corrected chi connectivity index (χ3v) is 9.01. The number of fused-ring (bicyclic) bond motifs is 3. The van der Waals surface area contributed by atoms with Gasteiger partial charge in [-0.2, -0.15) is 0 Å². The van der Waals surface area contributed by atoms with E-state index in [1.54, 1.807) is 11.1 Å². The molecule has 3 aliphatic rings. The van der Waals surface area contributed by atoms with Gasteiger partial charge in [0.05, 0.1) is 5.41 Å². The minimum atomic E-state index is -0.668. The molecule has 3 heterocycles. The van der Waals surface area contributed by atoms with Gasteiger partial charge >= 0.3 is 0 Å². The zero-order valence-electron chi connectivity index (χ0n) is 23.3. The molecule has 1 aromatic heterocycles. The normalized spacial score (nSPS) is 20.3. The highest BCUT2D eigenvalue weighted by atomic mass is 16.2. The predicted molar refractivity (Wildman–Crippen MR) is 157 cm³/mol. The fraction of sp³-hybridized carbons (Fsp3) is 0.375. The Bertz CT molecular complexity index is 1510. The number of nitrogens with zero attached hydrogens (tertiary/aromatic N) is 2. The summed E-state index contributed by atoms with van der Waals surface area (Å²) in [7, 11) is 0. The molecule has 41 heavy (non-hydrogen) atoms. The summed E-state index contributed by atoms with van der Waals surface area (Å²) in [6.45, 7) is 4.16. The lowest BCUT2D eigenvalue weighted by molar-refractivity contribution is -0.145. The Balaban J connectivity index is 1.20. The summed E-state index contributed by atoms with van der Waals surface area (Å²) in [5.74, 6) is 0.312. The van der Waals surface area contributed by atoms with Gasteiger partial charge in [-0.15, -0.1) is 0 Å². The fourth-order valence-electron chi connectivity index (χ4n) is 6.61. The van der Waals surface area contributed by atoms with Crippen LogP contribution in [0.25, 0.3) is 0 Å². The van der Waals surface area contributed by atoms with Crippen molar-refractivity contribution in [2.75, 3.05) is 30.3 Å². The molecule has 1 fully saturated rings. The molecule has 3 amide bonds. The van der Waals surface area contributed by atoms with Crippen molar-refractivity contribution in [1.82, 2.24) is 15.2 Å². The average molecular weight is 553 g/mol. The van der Waals surface area contributed by atoms with Crippen molar-refractivity contribution in [3.8, 4) is 0 Å². The fourth-order valence-corrected chi connectivity index (χ4v) is 6.61. The number of aromatic nitrogens is 1. The maximum absolute atomic E-state index is 13.9. The summed E-state index contributed by atoms with van der Waals surface area (Å²) in [5, 5.41) is 9.27. The van der Waals surface area contributed by atoms with E-state index < -0.39 is 10.8 Å². The molecule has 212 valence electrons. The molecule has 1 saturated heterocycles. The number of nitrogens with one attached hydrogen (secondary N) is 3. The average Bonchev–Trinajstić information content (AvgIpc) is 3.49. The zero-order chi connectivity index (χ0) is 28.6. The molecule has 1 aliphatic carbocycles. The number of hydrogen-bond acceptors (Lipinski definition) is 6. The van der Waals surface area contributed by atoms with Crippen LogP contribution >= 0.6 is 0 Å². The lowest BCUT2D eigenvalue weighted by atomic mass is 9.79. The zero-order valence-corrected chi connectivity index (χ0v) is 23.3. The van der Waals surface area contributed by atoms with Crippen molar-refractivity contribution in [3.05, 3.63) is 88.6 Å². The van der Waals surface area contributed by atoms with Crippen LogP contribution < -0.4 is 21.7 Å². The first-order valence-corrected chi connectivity index (χ1v) is 14.3. The maximum atomic E-state index is 13.9. The molecule has 5 N–H and O–H groups in total. The third kappa shape index (κ3) is 5.00. The number of anilines is 2. The van der Waals surface area contributed by atoms with Crippen LogP contribution in [0.15, 0.2) is 60.8 Å². The van der Waals surface area contributed by atoms with Crippen LogP contribution in [0.4, 0.5) is 11.5 Å². The maximum Gasteiger partial charge on any atom is 0.244 e. The van der Waals surface area contributed by atoms with Gasteiger partial charge in [-0.25, -0.2) is 4.98 Å². The second-order valence-electron chi connectivity index (χ2n) is 11.8. The number of piperidine rings is 1. The van der Waals surface area contributed by atoms with Crippen LogP contribution in [0, 0.1) is 5.41 Å². The van der Waals surface area contributed by atoms with E-state index in [2.05, 4.69) is 20.9 Å². The molecular weight excluding hydrogens is 516 g/mol. The first-order valence-electron chi connectivity index (χ1n) is 14.3. The van der Waals surface area contributed by atoms with Crippen LogP contribution in [-0.4, -0.2) is 47.2 Å². The van der Waals surface area contributed by atoms with E-state index in [1.165, 1.54) is 0 Å². The highest BCUT2D eigenvalue weighted by Gasteiger charge is 2.51. The van der Waals surface area contributed by atoms with E-state index in [0.717, 1.165) is 53.7 Å². The van der Waals surface area contributed by atoms with Crippen LogP contribution in [0.2, 0.25) is 0 Å². The molecule has 1 atom stereocenters. The van der Waals surface area contributed by atoms with Crippen LogP contribution in [0.1, 0.15) is 47.6 Å². The number of carbonyl (C=O) groups excluding carboxylic acids is 3. The number of pyridine rings is 1. The smallest absolute Gasteiger partial charge is 0.244 e. The minimum Gasteiger partial charge on any atom is -0.329 e. The Hall–Kier alpha value is -4.08. The Labute approximate surface area is 239 Å². The molecule has 2 aromatic carbocycles. The Morgan fingerprint density at radius 2 is 1.78 bits per heavy atom. The van der Waals surface area contributed by atoms with Crippen molar-refractivity contribution in [1.29, 1.82) is 0 Å². The van der Waals surface area contributed by atoms with Crippen molar-refractivity contribution >= 4 is 29.2 Å². The summed E-state index contributed by atoms with van der Waals surface area (Å²) >= 11 is 0. The summed E-state index contributed by atoms with van der Waals surface area (Å²) in [6.07, 6.45) is 4.27. The van der Waals surface area contributed by atoms with Crippen molar-refractivity contribution in [2.24, 2.45) is 11.1 Å². The van der Waals surface area contributed by atoms with Crippen LogP contribution in [0.3, 0.4) is 0 Å². The number of carbonyl (C=O) groups is 3. The van der Waals surface area contributed by atoms with Crippen LogP contribution in [-0.2, 0) is 45.7 Å². The quantitative estimate of drug-likeness (QED) is 0.357. The van der Waals surface area contributed by atoms with Gasteiger partial charge in [0.2, 0.25) is 17.7 Å². The standard InChI is InChI=1S/C32H36N6O3/c1-31(10-13-34-14-11-31)30(41)38(19-23-6-3-2-5-22(23)18-33)20-27(39)36-25-9-8-21-16-32(17-24(21)15-25)26-7-4-12-35-28(26)37-29(32)40/h2-9,12,15,34H,10-11,13-14,16-20,33H2,1H3,(H,36,39)(H,35,37,40). The molecule has 1 unspecified atom stereocenters. The van der Waals surface area contributed by atoms with E-state index in [-0.39, 0.29) is 24.3 Å². The van der Waals surface area contributed by atoms with Gasteiger partial charge in [0.1, 0.15) is 12.4 Å². The Kier molecular flexibility index (Phi) is 7.09. The van der Waals surface area contributed by atoms with E-state index in [4.69, 9.17) is 5.73 Å². The highest BCUT2D eigenvalue weighted by molar-refractivity contribution is 6.06. The third-order valence-electron chi connectivity index (χ3n) is 9.01. The first-order chi connectivity index (χ1) is 19.8. The van der Waals surface area contributed by atoms with Gasteiger partial charge in [-0.05, 0) is 79.2 Å². The second-order valence-corrected chi connectivity index (χ2v) is 11.8. The molecule has 0 saturated carbocycles. The van der Waals surface area contributed by atoms with Gasteiger partial charge in [-0.3, -0.25) is 14.4 Å². The van der Waals surface area contributed by atoms with E-state index >= 15 is 0 Å². The van der Waals surface area contributed by atoms with E-state index in [9.17, 15) is 14.4 Å². The number of hydrogen-bond donors (Lipinski definition) is 4. The topological polar surface area (TPSA) is 129 Å². The SMILES string of the molecule is CC1(C(=O)N(CC(=O)Nc2ccc3c(c2)CC2(C3)C(=O)Nc3ncccc32)Cc2ccccc2CN)CCNCC1. The van der Waals surface area contributed by atoms with Crippen LogP contribution in [0.5, 0.6) is 0 Å². The largest absolute Gasteiger partial charge is 0.329 e. The van der Waals surface area contributed by atoms with Crippen molar-refractivity contribution in [3.63, 3.8) is 0 Å². The number of nitrogens with two attached hydrogens (primary N) is 1. The highest BCUT2D eigenvalue weighted by Crippen LogP contribution is 2.47. The lowest BCUT2D eigenvalue weighted by Gasteiger charge is -2.37. The molecule has 2 aliphatic heterocycles. The monoisotopic (exact) mass is 552 g/mol. The predicted octanol–water partition coefficient (Wildman–Crippen LogP) is 2.89. The molecule has 0 bridgehead atoms. The Morgan fingerprint density at radius 3 is 2.56 bits per heavy atom. The summed E-state index contributed by atoms with van der Waals surface area (Å²) in [5.41, 5.74) is 10.4. The number of benzene rings is 2. The van der Waals surface area contributed by atoms with Gasteiger partial charge in [-0.1, -0.05) is 43.3 Å². The Morgan fingerprint density at radius 1 is 1.02 bits per heavy atom. The molecular formula is C32H36N6O3. The van der Waals surface area contributed by atoms with E-state index in [0.29, 0.717) is 37.4 Å². The van der Waals surface area contributed by atoms with Gasteiger partial charge in [0.15, 0.2) is 0 Å². The molecule has 9 heteroatoms. The number of rotatable bonds is 7. The van der Waals surface area contributed by atoms with Gasteiger partial charge in [0, 0.05) is 36.0 Å². The molecule has 3 aromatic rings. The van der Waals surface area contributed by atoms with Gasteiger partial charge < -0.3 is 26.6 Å². The second kappa shape index (κ2) is 10.7. The number of amides is 3. The summed E-state index contributed by atoms with van der Waals surface area (Å²) < 4.78 is 0. The summed E-state index contributed by atoms with van der Waals surface area (Å²) in [4.78, 5) is 46.4. The van der Waals surface area contributed by atoms with Gasteiger partial charge in [0.25, 0.3) is 0 Å². The molecule has 6 rings (SSSR count).